The second-order valence-electron chi connectivity index (χ2n) is 8.08. The van der Waals surface area contributed by atoms with Crippen LogP contribution in [-0.2, 0) is 16.2 Å². The molecule has 3 aromatic rings. The van der Waals surface area contributed by atoms with Crippen LogP contribution in [0.15, 0.2) is 64.6 Å². The molecule has 0 unspecified atom stereocenters. The maximum atomic E-state index is 13.2. The van der Waals surface area contributed by atoms with E-state index in [2.05, 4.69) is 21.2 Å². The number of benzene rings is 3. The van der Waals surface area contributed by atoms with Crippen LogP contribution in [0, 0.1) is 6.92 Å². The van der Waals surface area contributed by atoms with Gasteiger partial charge in [-0.1, -0.05) is 41.4 Å². The van der Waals surface area contributed by atoms with Crippen molar-refractivity contribution in [3.8, 4) is 11.5 Å². The third kappa shape index (κ3) is 5.98. The summed E-state index contributed by atoms with van der Waals surface area (Å²) in [6.07, 6.45) is 1.40. The molecule has 0 aromatic heterocycles. The molecule has 0 radical (unpaired) electrons. The Bertz CT molecular complexity index is 1440. The van der Waals surface area contributed by atoms with Gasteiger partial charge in [-0.25, -0.2) is 9.69 Å². The van der Waals surface area contributed by atoms with Crippen LogP contribution in [0.2, 0.25) is 10.0 Å². The zero-order valence-electron chi connectivity index (χ0n) is 19.8. The monoisotopic (exact) mass is 602 g/mol. The molecule has 190 valence electrons. The first kappa shape index (κ1) is 26.7. The normalized spacial score (nSPS) is 14.7. The van der Waals surface area contributed by atoms with Gasteiger partial charge in [-0.3, -0.25) is 14.9 Å². The van der Waals surface area contributed by atoms with E-state index >= 15 is 0 Å². The molecule has 0 atom stereocenters. The molecule has 0 saturated carbocycles. The van der Waals surface area contributed by atoms with Crippen LogP contribution in [0.5, 0.6) is 11.5 Å². The number of amides is 4. The Morgan fingerprint density at radius 3 is 2.51 bits per heavy atom. The van der Waals surface area contributed by atoms with E-state index in [4.69, 9.17) is 32.7 Å². The molecule has 1 aliphatic rings. The fourth-order valence-electron chi connectivity index (χ4n) is 3.69. The van der Waals surface area contributed by atoms with Crippen molar-refractivity contribution in [2.24, 2.45) is 0 Å². The summed E-state index contributed by atoms with van der Waals surface area (Å²) >= 11 is 15.7. The Morgan fingerprint density at radius 2 is 1.81 bits per heavy atom. The van der Waals surface area contributed by atoms with Gasteiger partial charge in [0, 0.05) is 15.6 Å². The van der Waals surface area contributed by atoms with E-state index in [0.29, 0.717) is 43.9 Å². The van der Waals surface area contributed by atoms with Crippen molar-refractivity contribution < 1.29 is 23.9 Å². The Balaban J connectivity index is 1.66. The predicted octanol–water partition coefficient (Wildman–Crippen LogP) is 6.71. The van der Waals surface area contributed by atoms with Gasteiger partial charge in [0.2, 0.25) is 0 Å². The van der Waals surface area contributed by atoms with Gasteiger partial charge in [-0.05, 0) is 83.4 Å². The van der Waals surface area contributed by atoms with Gasteiger partial charge >= 0.3 is 6.03 Å². The number of nitrogens with zero attached hydrogens (tertiary/aromatic N) is 1. The summed E-state index contributed by atoms with van der Waals surface area (Å²) in [5, 5.41) is 3.22. The van der Waals surface area contributed by atoms with Gasteiger partial charge in [0.1, 0.15) is 12.2 Å². The maximum Gasteiger partial charge on any atom is 0.335 e. The molecule has 4 rings (SSSR count). The van der Waals surface area contributed by atoms with E-state index < -0.39 is 17.8 Å². The van der Waals surface area contributed by atoms with Crippen molar-refractivity contribution in [1.82, 2.24) is 5.32 Å². The lowest BCUT2D eigenvalue weighted by Crippen LogP contribution is -2.54. The highest BCUT2D eigenvalue weighted by atomic mass is 79.9. The van der Waals surface area contributed by atoms with Crippen LogP contribution in [0.4, 0.5) is 10.5 Å². The molecule has 10 heteroatoms. The fraction of sp³-hybridized carbons (Fsp3) is 0.148. The minimum atomic E-state index is -0.807. The Kier molecular flexibility index (Phi) is 8.22. The molecule has 1 heterocycles. The third-order valence-electron chi connectivity index (χ3n) is 5.39. The van der Waals surface area contributed by atoms with E-state index in [1.165, 1.54) is 6.08 Å². The molecular formula is C27H21BrCl2N2O5. The highest BCUT2D eigenvalue weighted by molar-refractivity contribution is 9.10. The number of nitrogens with one attached hydrogen (secondary N) is 1. The molecular weight excluding hydrogens is 583 g/mol. The fourth-order valence-corrected chi connectivity index (χ4v) is 4.73. The molecule has 1 saturated heterocycles. The summed E-state index contributed by atoms with van der Waals surface area (Å²) in [5.74, 6) is -0.702. The molecule has 0 spiro atoms. The zero-order valence-corrected chi connectivity index (χ0v) is 22.9. The van der Waals surface area contributed by atoms with Crippen LogP contribution < -0.4 is 19.7 Å². The highest BCUT2D eigenvalue weighted by Crippen LogP contribution is 2.39. The number of aryl methyl sites for hydroxylation is 1. The molecule has 0 aliphatic carbocycles. The van der Waals surface area contributed by atoms with Gasteiger partial charge in [0.15, 0.2) is 11.5 Å². The van der Waals surface area contributed by atoms with E-state index in [1.54, 1.807) is 48.5 Å². The first-order chi connectivity index (χ1) is 17.7. The lowest BCUT2D eigenvalue weighted by Gasteiger charge is -2.26. The van der Waals surface area contributed by atoms with E-state index in [0.717, 1.165) is 16.0 Å². The number of imide groups is 2. The summed E-state index contributed by atoms with van der Waals surface area (Å²) in [6, 6.07) is 14.5. The van der Waals surface area contributed by atoms with Gasteiger partial charge in [-0.2, -0.15) is 0 Å². The molecule has 37 heavy (non-hydrogen) atoms. The molecule has 4 amide bonds. The maximum absolute atomic E-state index is 13.2. The summed E-state index contributed by atoms with van der Waals surface area (Å²) in [7, 11) is 0. The average Bonchev–Trinajstić information content (AvgIpc) is 2.82. The summed E-state index contributed by atoms with van der Waals surface area (Å²) in [5.41, 5.74) is 2.25. The van der Waals surface area contributed by atoms with Crippen molar-refractivity contribution in [3.63, 3.8) is 0 Å². The quantitative estimate of drug-likeness (QED) is 0.240. The van der Waals surface area contributed by atoms with Crippen molar-refractivity contribution in [1.29, 1.82) is 0 Å². The molecule has 3 aromatic carbocycles. The van der Waals surface area contributed by atoms with Crippen LogP contribution in [0.25, 0.3) is 6.08 Å². The summed E-state index contributed by atoms with van der Waals surface area (Å²) in [6.45, 7) is 4.17. The van der Waals surface area contributed by atoms with Crippen molar-refractivity contribution in [3.05, 3.63) is 91.4 Å². The van der Waals surface area contributed by atoms with Crippen LogP contribution in [-0.4, -0.2) is 24.5 Å². The minimum Gasteiger partial charge on any atom is -0.490 e. The lowest BCUT2D eigenvalue weighted by molar-refractivity contribution is -0.122. The SMILES string of the molecule is CCOc1cc(/C=C2\C(=O)NC(=O)N(c3cccc(C)c3)C2=O)cc(Br)c1OCc1ccc(Cl)cc1Cl. The highest BCUT2D eigenvalue weighted by Gasteiger charge is 2.37. The average molecular weight is 604 g/mol. The molecule has 7 nitrogen and oxygen atoms in total. The lowest BCUT2D eigenvalue weighted by atomic mass is 10.1. The predicted molar refractivity (Wildman–Crippen MR) is 146 cm³/mol. The largest absolute Gasteiger partial charge is 0.490 e. The summed E-state index contributed by atoms with van der Waals surface area (Å²) in [4.78, 5) is 39.2. The van der Waals surface area contributed by atoms with Crippen molar-refractivity contribution in [2.45, 2.75) is 20.5 Å². The van der Waals surface area contributed by atoms with Gasteiger partial charge in [-0.15, -0.1) is 0 Å². The number of carbonyl (C=O) groups excluding carboxylic acids is 3. The number of hydrogen-bond donors (Lipinski definition) is 1. The van der Waals surface area contributed by atoms with E-state index in [1.807, 2.05) is 19.9 Å². The van der Waals surface area contributed by atoms with Crippen LogP contribution in [0.1, 0.15) is 23.6 Å². The number of anilines is 1. The number of carbonyl (C=O) groups is 3. The Morgan fingerprint density at radius 1 is 1.03 bits per heavy atom. The number of ether oxygens (including phenoxy) is 2. The van der Waals surface area contributed by atoms with Gasteiger partial charge in [0.05, 0.1) is 16.8 Å². The number of barbiturate groups is 1. The second kappa shape index (κ2) is 11.4. The Labute approximate surface area is 232 Å². The topological polar surface area (TPSA) is 84.9 Å². The molecule has 1 aliphatic heterocycles. The van der Waals surface area contributed by atoms with Gasteiger partial charge in [0.25, 0.3) is 11.8 Å². The molecule has 0 bridgehead atoms. The van der Waals surface area contributed by atoms with E-state index in [9.17, 15) is 14.4 Å². The summed E-state index contributed by atoms with van der Waals surface area (Å²) < 4.78 is 12.3. The molecule has 1 fully saturated rings. The number of urea groups is 1. The van der Waals surface area contributed by atoms with Crippen LogP contribution in [0.3, 0.4) is 0 Å². The minimum absolute atomic E-state index is 0.156. The van der Waals surface area contributed by atoms with E-state index in [-0.39, 0.29) is 12.2 Å². The first-order valence-electron chi connectivity index (χ1n) is 11.2. The van der Waals surface area contributed by atoms with Crippen LogP contribution >= 0.6 is 39.1 Å². The smallest absolute Gasteiger partial charge is 0.335 e. The number of rotatable bonds is 7. The zero-order chi connectivity index (χ0) is 26.7. The van der Waals surface area contributed by atoms with Gasteiger partial charge < -0.3 is 9.47 Å². The number of hydrogen-bond acceptors (Lipinski definition) is 5. The second-order valence-corrected chi connectivity index (χ2v) is 9.78. The molecule has 1 N–H and O–H groups in total. The van der Waals surface area contributed by atoms with Crippen molar-refractivity contribution >= 4 is 68.7 Å². The third-order valence-corrected chi connectivity index (χ3v) is 6.57. The first-order valence-corrected chi connectivity index (χ1v) is 12.7. The standard InChI is InChI=1S/C27H21BrCl2N2O5/c1-3-36-23-12-16(11-21(28)24(23)37-14-17-7-8-18(29)13-22(17)30)10-20-25(33)31-27(35)32(26(20)34)19-6-4-5-15(2)9-19/h4-13H,3,14H2,1-2H3,(H,31,33,35)/b20-10+. The Hall–Kier alpha value is -3.33. The van der Waals surface area contributed by atoms with Crippen molar-refractivity contribution in [2.75, 3.05) is 11.5 Å². The number of halogens is 3.